The quantitative estimate of drug-likeness (QED) is 0.478. The Morgan fingerprint density at radius 3 is 2.69 bits per heavy atom. The molecule has 0 unspecified atom stereocenters. The summed E-state index contributed by atoms with van der Waals surface area (Å²) in [4.78, 5) is 19.9. The number of hydrogen-bond acceptors (Lipinski definition) is 3. The van der Waals surface area contributed by atoms with Gasteiger partial charge in [0, 0.05) is 5.56 Å². The third-order valence-corrected chi connectivity index (χ3v) is 4.98. The number of carbonyl (C=O) groups excluding carboxylic acids is 1. The maximum atomic E-state index is 11.8. The highest BCUT2D eigenvalue weighted by atomic mass is 16.5. The molecule has 5 rings (SSSR count). The largest absolute Gasteiger partial charge is 0.465 e. The summed E-state index contributed by atoms with van der Waals surface area (Å²) in [6.45, 7) is 0. The van der Waals surface area contributed by atoms with Crippen molar-refractivity contribution in [2.24, 2.45) is 0 Å². The molecule has 0 amide bonds. The Balaban J connectivity index is 1.69. The minimum absolute atomic E-state index is 0.349. The van der Waals surface area contributed by atoms with Gasteiger partial charge in [-0.25, -0.2) is 9.78 Å². The molecule has 126 valence electrons. The molecule has 3 aromatic carbocycles. The molecule has 26 heavy (non-hydrogen) atoms. The van der Waals surface area contributed by atoms with Gasteiger partial charge in [0.05, 0.1) is 23.7 Å². The Labute approximate surface area is 150 Å². The van der Waals surface area contributed by atoms with Crippen molar-refractivity contribution in [3.63, 3.8) is 0 Å². The number of nitrogens with one attached hydrogen (secondary N) is 1. The van der Waals surface area contributed by atoms with E-state index < -0.39 is 0 Å². The first-order valence-corrected chi connectivity index (χ1v) is 8.53. The molecule has 1 aliphatic carbocycles. The molecule has 0 radical (unpaired) electrons. The molecule has 1 aliphatic rings. The standard InChI is InChI=1S/C22H16N2O2/c1-26-22(25)15-9-10-18-19(12-15)24-21(23-18)17-8-4-6-14-11-13-5-2-3-7-16(13)20(14)17/h2-10,12H,11H2,1H3,(H,23,24). The van der Waals surface area contributed by atoms with E-state index in [0.29, 0.717) is 5.56 Å². The lowest BCUT2D eigenvalue weighted by Gasteiger charge is -2.07. The highest BCUT2D eigenvalue weighted by Gasteiger charge is 2.22. The van der Waals surface area contributed by atoms with Crippen LogP contribution in [-0.2, 0) is 11.2 Å². The number of aromatic amines is 1. The monoisotopic (exact) mass is 340 g/mol. The molecule has 4 heteroatoms. The molecule has 0 bridgehead atoms. The van der Waals surface area contributed by atoms with Gasteiger partial charge in [-0.1, -0.05) is 42.5 Å². The molecule has 0 spiro atoms. The summed E-state index contributed by atoms with van der Waals surface area (Å²) in [7, 11) is 1.38. The van der Waals surface area contributed by atoms with Gasteiger partial charge in [0.2, 0.25) is 0 Å². The van der Waals surface area contributed by atoms with Gasteiger partial charge in [0.25, 0.3) is 0 Å². The van der Waals surface area contributed by atoms with Gasteiger partial charge in [-0.15, -0.1) is 0 Å². The van der Waals surface area contributed by atoms with E-state index in [1.54, 1.807) is 12.1 Å². The van der Waals surface area contributed by atoms with Gasteiger partial charge < -0.3 is 9.72 Å². The predicted molar refractivity (Wildman–Crippen MR) is 101 cm³/mol. The Hall–Kier alpha value is -3.40. The van der Waals surface area contributed by atoms with Crippen LogP contribution in [0, 0.1) is 0 Å². The second-order valence-electron chi connectivity index (χ2n) is 6.48. The van der Waals surface area contributed by atoms with E-state index in [1.165, 1.54) is 29.4 Å². The zero-order chi connectivity index (χ0) is 17.7. The van der Waals surface area contributed by atoms with Crippen LogP contribution >= 0.6 is 0 Å². The van der Waals surface area contributed by atoms with E-state index in [-0.39, 0.29) is 5.97 Å². The van der Waals surface area contributed by atoms with Crippen molar-refractivity contribution in [2.45, 2.75) is 6.42 Å². The molecule has 0 saturated heterocycles. The topological polar surface area (TPSA) is 55.0 Å². The molecule has 0 aliphatic heterocycles. The second kappa shape index (κ2) is 5.56. The van der Waals surface area contributed by atoms with Crippen LogP contribution in [0.4, 0.5) is 0 Å². The van der Waals surface area contributed by atoms with Gasteiger partial charge in [-0.3, -0.25) is 0 Å². The van der Waals surface area contributed by atoms with Crippen LogP contribution in [0.2, 0.25) is 0 Å². The molecule has 0 atom stereocenters. The lowest BCUT2D eigenvalue weighted by atomic mass is 9.99. The van der Waals surface area contributed by atoms with E-state index in [9.17, 15) is 4.79 Å². The van der Waals surface area contributed by atoms with Crippen molar-refractivity contribution >= 4 is 17.0 Å². The highest BCUT2D eigenvalue weighted by Crippen LogP contribution is 2.42. The van der Waals surface area contributed by atoms with Crippen LogP contribution in [0.25, 0.3) is 33.5 Å². The molecule has 1 N–H and O–H groups in total. The molecule has 0 fully saturated rings. The van der Waals surface area contributed by atoms with Crippen molar-refractivity contribution < 1.29 is 9.53 Å². The minimum Gasteiger partial charge on any atom is -0.465 e. The first kappa shape index (κ1) is 14.9. The normalized spacial score (nSPS) is 12.0. The fraction of sp³-hybridized carbons (Fsp3) is 0.0909. The van der Waals surface area contributed by atoms with Crippen LogP contribution in [-0.4, -0.2) is 23.0 Å². The summed E-state index contributed by atoms with van der Waals surface area (Å²) in [5.74, 6) is 0.466. The van der Waals surface area contributed by atoms with E-state index in [0.717, 1.165) is 28.8 Å². The van der Waals surface area contributed by atoms with Gasteiger partial charge in [0.1, 0.15) is 5.82 Å². The number of aromatic nitrogens is 2. The zero-order valence-corrected chi connectivity index (χ0v) is 14.2. The summed E-state index contributed by atoms with van der Waals surface area (Å²) in [5, 5.41) is 0. The fourth-order valence-corrected chi connectivity index (χ4v) is 3.77. The summed E-state index contributed by atoms with van der Waals surface area (Å²) in [5.41, 5.74) is 8.44. The summed E-state index contributed by atoms with van der Waals surface area (Å²) in [6.07, 6.45) is 0.950. The summed E-state index contributed by atoms with van der Waals surface area (Å²) in [6, 6.07) is 20.2. The predicted octanol–water partition coefficient (Wildman–Crippen LogP) is 4.59. The van der Waals surface area contributed by atoms with E-state index >= 15 is 0 Å². The number of benzene rings is 3. The number of ether oxygens (including phenoxy) is 1. The van der Waals surface area contributed by atoms with Gasteiger partial charge in [-0.2, -0.15) is 0 Å². The third kappa shape index (κ3) is 2.15. The van der Waals surface area contributed by atoms with Gasteiger partial charge >= 0.3 is 5.97 Å². The fourth-order valence-electron chi connectivity index (χ4n) is 3.77. The SMILES string of the molecule is COC(=O)c1ccc2nc(-c3cccc4c3-c3ccccc3C4)[nH]c2c1. The minimum atomic E-state index is -0.349. The smallest absolute Gasteiger partial charge is 0.337 e. The number of fused-ring (bicyclic) bond motifs is 4. The molecule has 1 heterocycles. The number of hydrogen-bond donors (Lipinski definition) is 1. The third-order valence-electron chi connectivity index (χ3n) is 4.98. The molecular formula is C22H16N2O2. The van der Waals surface area contributed by atoms with Crippen LogP contribution in [0.15, 0.2) is 60.7 Å². The van der Waals surface area contributed by atoms with Crippen molar-refractivity contribution in [1.82, 2.24) is 9.97 Å². The molecular weight excluding hydrogens is 324 g/mol. The van der Waals surface area contributed by atoms with E-state index in [2.05, 4.69) is 47.4 Å². The molecule has 1 aromatic heterocycles. The number of nitrogens with zero attached hydrogens (tertiary/aromatic N) is 1. The Morgan fingerprint density at radius 2 is 1.81 bits per heavy atom. The van der Waals surface area contributed by atoms with Crippen LogP contribution in [0.5, 0.6) is 0 Å². The Morgan fingerprint density at radius 1 is 1.00 bits per heavy atom. The lowest BCUT2D eigenvalue weighted by molar-refractivity contribution is 0.0601. The van der Waals surface area contributed by atoms with Gasteiger partial charge in [0.15, 0.2) is 0 Å². The maximum Gasteiger partial charge on any atom is 0.337 e. The maximum absolute atomic E-state index is 11.8. The average molecular weight is 340 g/mol. The van der Waals surface area contributed by atoms with Crippen molar-refractivity contribution in [1.29, 1.82) is 0 Å². The number of imidazole rings is 1. The molecule has 0 saturated carbocycles. The second-order valence-corrected chi connectivity index (χ2v) is 6.48. The average Bonchev–Trinajstić information content (AvgIpc) is 3.27. The lowest BCUT2D eigenvalue weighted by Crippen LogP contribution is -2.00. The van der Waals surface area contributed by atoms with Crippen molar-refractivity contribution in [2.75, 3.05) is 7.11 Å². The Kier molecular flexibility index (Phi) is 3.19. The number of esters is 1. The van der Waals surface area contributed by atoms with Crippen LogP contribution in [0.3, 0.4) is 0 Å². The van der Waals surface area contributed by atoms with Gasteiger partial charge in [-0.05, 0) is 46.9 Å². The zero-order valence-electron chi connectivity index (χ0n) is 14.2. The first-order valence-electron chi connectivity index (χ1n) is 8.53. The molecule has 4 aromatic rings. The summed E-state index contributed by atoms with van der Waals surface area (Å²) < 4.78 is 4.80. The first-order chi connectivity index (χ1) is 12.7. The molecule has 4 nitrogen and oxygen atoms in total. The number of carbonyl (C=O) groups is 1. The van der Waals surface area contributed by atoms with Crippen molar-refractivity contribution in [3.8, 4) is 22.5 Å². The summed E-state index contributed by atoms with van der Waals surface area (Å²) >= 11 is 0. The number of rotatable bonds is 2. The number of H-pyrrole nitrogens is 1. The van der Waals surface area contributed by atoms with Crippen molar-refractivity contribution in [3.05, 3.63) is 77.4 Å². The highest BCUT2D eigenvalue weighted by molar-refractivity contribution is 5.95. The van der Waals surface area contributed by atoms with E-state index in [1.807, 2.05) is 6.07 Å². The van der Waals surface area contributed by atoms with E-state index in [4.69, 9.17) is 9.72 Å². The van der Waals surface area contributed by atoms with Crippen LogP contribution < -0.4 is 0 Å². The van der Waals surface area contributed by atoms with Crippen LogP contribution in [0.1, 0.15) is 21.5 Å². The number of methoxy groups -OCH3 is 1. The Bertz CT molecular complexity index is 1170.